The number of unbranched alkanes of at least 4 members (excludes halogenated alkanes) is 1. The first-order valence-corrected chi connectivity index (χ1v) is 7.62. The second kappa shape index (κ2) is 9.30. The van der Waals surface area contributed by atoms with Crippen molar-refractivity contribution in [1.29, 1.82) is 5.26 Å². The summed E-state index contributed by atoms with van der Waals surface area (Å²) in [5.41, 5.74) is -0.357. The third kappa shape index (κ3) is 5.90. The van der Waals surface area contributed by atoms with E-state index in [-0.39, 0.29) is 11.6 Å². The van der Waals surface area contributed by atoms with Gasteiger partial charge in [-0.2, -0.15) is 5.26 Å². The first-order valence-electron chi connectivity index (χ1n) is 7.62. The van der Waals surface area contributed by atoms with Crippen LogP contribution in [0.2, 0.25) is 0 Å². The molecule has 0 saturated heterocycles. The molecular weight excluding hydrogens is 240 g/mol. The first kappa shape index (κ1) is 16.4. The highest BCUT2D eigenvalue weighted by Crippen LogP contribution is 2.31. The van der Waals surface area contributed by atoms with Crippen LogP contribution in [0, 0.1) is 11.3 Å². The van der Waals surface area contributed by atoms with Crippen LogP contribution < -0.4 is 5.32 Å². The van der Waals surface area contributed by atoms with E-state index in [0.717, 1.165) is 51.7 Å². The lowest BCUT2D eigenvalue weighted by atomic mass is 9.99. The number of rotatable bonds is 10. The third-order valence-corrected chi connectivity index (χ3v) is 3.62. The molecule has 1 saturated carbocycles. The van der Waals surface area contributed by atoms with Crippen molar-refractivity contribution in [2.24, 2.45) is 0 Å². The Morgan fingerprint density at radius 1 is 1.26 bits per heavy atom. The molecule has 0 aromatic heterocycles. The Morgan fingerprint density at radius 3 is 2.79 bits per heavy atom. The van der Waals surface area contributed by atoms with Crippen molar-refractivity contribution in [3.63, 3.8) is 0 Å². The molecular formula is C15H28N2O2. The average Bonchev–Trinajstić information content (AvgIpc) is 2.85. The van der Waals surface area contributed by atoms with E-state index in [2.05, 4.69) is 25.2 Å². The minimum Gasteiger partial charge on any atom is -0.379 e. The Kier molecular flexibility index (Phi) is 8.04. The minimum absolute atomic E-state index is 0.207. The van der Waals surface area contributed by atoms with E-state index in [0.29, 0.717) is 13.2 Å². The van der Waals surface area contributed by atoms with Gasteiger partial charge in [-0.05, 0) is 32.2 Å². The maximum atomic E-state index is 9.34. The smallest absolute Gasteiger partial charge is 0.109 e. The van der Waals surface area contributed by atoms with Gasteiger partial charge in [-0.1, -0.05) is 20.3 Å². The summed E-state index contributed by atoms with van der Waals surface area (Å²) in [5, 5.41) is 12.7. The summed E-state index contributed by atoms with van der Waals surface area (Å²) in [5.74, 6) is 0. The Balaban J connectivity index is 2.15. The summed E-state index contributed by atoms with van der Waals surface area (Å²) in [4.78, 5) is 0. The largest absolute Gasteiger partial charge is 0.379 e. The van der Waals surface area contributed by atoms with Crippen molar-refractivity contribution in [1.82, 2.24) is 5.32 Å². The Bertz CT molecular complexity index is 278. The molecule has 4 heteroatoms. The maximum absolute atomic E-state index is 9.34. The standard InChI is InChI=1S/C15H28N2O2/c1-3-5-9-18-10-11-19-14-6-7-15(12-14,13-16)17-8-4-2/h14,17H,3-12H2,1-2H3. The summed E-state index contributed by atoms with van der Waals surface area (Å²) < 4.78 is 11.3. The lowest BCUT2D eigenvalue weighted by Gasteiger charge is -2.22. The summed E-state index contributed by atoms with van der Waals surface area (Å²) in [7, 11) is 0. The molecule has 1 aliphatic carbocycles. The zero-order valence-electron chi connectivity index (χ0n) is 12.4. The molecule has 1 N–H and O–H groups in total. The van der Waals surface area contributed by atoms with Crippen LogP contribution in [0.3, 0.4) is 0 Å². The second-order valence-corrected chi connectivity index (χ2v) is 5.32. The number of nitriles is 1. The molecule has 1 fully saturated rings. The van der Waals surface area contributed by atoms with Gasteiger partial charge < -0.3 is 9.47 Å². The van der Waals surface area contributed by atoms with Gasteiger partial charge >= 0.3 is 0 Å². The molecule has 0 spiro atoms. The summed E-state index contributed by atoms with van der Waals surface area (Å²) in [6.45, 7) is 7.31. The molecule has 4 nitrogen and oxygen atoms in total. The Labute approximate surface area is 117 Å². The molecule has 0 amide bonds. The van der Waals surface area contributed by atoms with Crippen molar-refractivity contribution in [2.45, 2.75) is 64.0 Å². The molecule has 0 heterocycles. The van der Waals surface area contributed by atoms with Gasteiger partial charge in [0, 0.05) is 13.0 Å². The normalized spacial score (nSPS) is 26.5. The van der Waals surface area contributed by atoms with Crippen molar-refractivity contribution in [3.05, 3.63) is 0 Å². The van der Waals surface area contributed by atoms with Crippen LogP contribution in [0.5, 0.6) is 0 Å². The number of hydrogen-bond acceptors (Lipinski definition) is 4. The summed E-state index contributed by atoms with van der Waals surface area (Å²) in [6, 6.07) is 2.44. The number of nitrogens with one attached hydrogen (secondary N) is 1. The van der Waals surface area contributed by atoms with Crippen molar-refractivity contribution in [2.75, 3.05) is 26.4 Å². The number of nitrogens with zero attached hydrogens (tertiary/aromatic N) is 1. The molecule has 0 aliphatic heterocycles. The maximum Gasteiger partial charge on any atom is 0.109 e. The molecule has 0 aromatic carbocycles. The molecule has 1 rings (SSSR count). The second-order valence-electron chi connectivity index (χ2n) is 5.32. The van der Waals surface area contributed by atoms with Gasteiger partial charge in [0.2, 0.25) is 0 Å². The van der Waals surface area contributed by atoms with Gasteiger partial charge in [-0.15, -0.1) is 0 Å². The quantitative estimate of drug-likeness (QED) is 0.619. The zero-order valence-corrected chi connectivity index (χ0v) is 12.4. The van der Waals surface area contributed by atoms with E-state index < -0.39 is 0 Å². The van der Waals surface area contributed by atoms with Gasteiger partial charge in [-0.3, -0.25) is 5.32 Å². The monoisotopic (exact) mass is 268 g/mol. The van der Waals surface area contributed by atoms with Crippen LogP contribution in [-0.2, 0) is 9.47 Å². The predicted octanol–water partition coefficient (Wildman–Crippen LogP) is 2.63. The van der Waals surface area contributed by atoms with Gasteiger partial charge in [0.1, 0.15) is 5.54 Å². The molecule has 19 heavy (non-hydrogen) atoms. The molecule has 0 radical (unpaired) electrons. The van der Waals surface area contributed by atoms with Crippen molar-refractivity contribution < 1.29 is 9.47 Å². The topological polar surface area (TPSA) is 54.3 Å². The molecule has 0 bridgehead atoms. The van der Waals surface area contributed by atoms with Crippen LogP contribution in [0.1, 0.15) is 52.4 Å². The molecule has 2 unspecified atom stereocenters. The fourth-order valence-electron chi connectivity index (χ4n) is 2.43. The van der Waals surface area contributed by atoms with E-state index in [1.165, 1.54) is 0 Å². The predicted molar refractivity (Wildman–Crippen MR) is 76.0 cm³/mol. The highest BCUT2D eigenvalue weighted by Gasteiger charge is 2.39. The van der Waals surface area contributed by atoms with E-state index in [1.54, 1.807) is 0 Å². The summed E-state index contributed by atoms with van der Waals surface area (Å²) in [6.07, 6.45) is 6.21. The highest BCUT2D eigenvalue weighted by molar-refractivity contribution is 5.12. The van der Waals surface area contributed by atoms with E-state index in [4.69, 9.17) is 9.47 Å². The van der Waals surface area contributed by atoms with Crippen LogP contribution in [-0.4, -0.2) is 38.0 Å². The lowest BCUT2D eigenvalue weighted by molar-refractivity contribution is 0.00542. The van der Waals surface area contributed by atoms with Crippen molar-refractivity contribution in [3.8, 4) is 6.07 Å². The fourth-order valence-corrected chi connectivity index (χ4v) is 2.43. The van der Waals surface area contributed by atoms with Gasteiger partial charge in [0.05, 0.1) is 25.4 Å². The molecule has 2 atom stereocenters. The van der Waals surface area contributed by atoms with E-state index >= 15 is 0 Å². The Hall–Kier alpha value is -0.630. The number of ether oxygens (including phenoxy) is 2. The lowest BCUT2D eigenvalue weighted by Crippen LogP contribution is -2.42. The molecule has 110 valence electrons. The van der Waals surface area contributed by atoms with Gasteiger partial charge in [-0.25, -0.2) is 0 Å². The highest BCUT2D eigenvalue weighted by atomic mass is 16.5. The first-order chi connectivity index (χ1) is 9.26. The van der Waals surface area contributed by atoms with Gasteiger partial charge in [0.25, 0.3) is 0 Å². The van der Waals surface area contributed by atoms with Crippen LogP contribution in [0.15, 0.2) is 0 Å². The van der Waals surface area contributed by atoms with Crippen LogP contribution in [0.4, 0.5) is 0 Å². The number of hydrogen-bond donors (Lipinski definition) is 1. The summed E-state index contributed by atoms with van der Waals surface area (Å²) >= 11 is 0. The SMILES string of the molecule is CCCCOCCOC1CCC(C#N)(NCCC)C1. The van der Waals surface area contributed by atoms with Crippen molar-refractivity contribution >= 4 is 0 Å². The fraction of sp³-hybridized carbons (Fsp3) is 0.933. The van der Waals surface area contributed by atoms with Crippen LogP contribution in [0.25, 0.3) is 0 Å². The zero-order chi connectivity index (χ0) is 14.0. The van der Waals surface area contributed by atoms with Crippen LogP contribution >= 0.6 is 0 Å². The average molecular weight is 268 g/mol. The van der Waals surface area contributed by atoms with Gasteiger partial charge in [0.15, 0.2) is 0 Å². The van der Waals surface area contributed by atoms with E-state index in [1.807, 2.05) is 0 Å². The minimum atomic E-state index is -0.357. The van der Waals surface area contributed by atoms with E-state index in [9.17, 15) is 5.26 Å². The molecule has 1 aliphatic rings. The molecule has 0 aromatic rings. The Morgan fingerprint density at radius 2 is 2.11 bits per heavy atom. The third-order valence-electron chi connectivity index (χ3n) is 3.62.